The van der Waals surface area contributed by atoms with Gasteiger partial charge in [0.15, 0.2) is 0 Å². The normalized spacial score (nSPS) is 12.6. The van der Waals surface area contributed by atoms with Crippen LogP contribution in [-0.4, -0.2) is 25.7 Å². The van der Waals surface area contributed by atoms with Crippen molar-refractivity contribution >= 4 is 5.69 Å². The smallest absolute Gasteiger partial charge is 0.0912 e. The van der Waals surface area contributed by atoms with Crippen LogP contribution in [0.3, 0.4) is 0 Å². The van der Waals surface area contributed by atoms with E-state index in [0.717, 1.165) is 11.3 Å². The van der Waals surface area contributed by atoms with Gasteiger partial charge in [-0.2, -0.15) is 0 Å². The molecule has 0 aromatic heterocycles. The van der Waals surface area contributed by atoms with E-state index in [1.807, 2.05) is 43.3 Å². The van der Waals surface area contributed by atoms with Gasteiger partial charge in [0.2, 0.25) is 0 Å². The van der Waals surface area contributed by atoms with Gasteiger partial charge in [-0.25, -0.2) is 0 Å². The SMILES string of the molecule is CN(C)c1ccc(C(O)CN)cc1. The first-order valence-corrected chi connectivity index (χ1v) is 4.30. The summed E-state index contributed by atoms with van der Waals surface area (Å²) in [6.45, 7) is 0.265. The van der Waals surface area contributed by atoms with Crippen LogP contribution in [0.5, 0.6) is 0 Å². The molecule has 0 aliphatic rings. The molecule has 1 unspecified atom stereocenters. The van der Waals surface area contributed by atoms with Crippen LogP contribution in [-0.2, 0) is 0 Å². The Morgan fingerprint density at radius 2 is 1.85 bits per heavy atom. The first kappa shape index (κ1) is 10.0. The van der Waals surface area contributed by atoms with Crippen LogP contribution in [0.25, 0.3) is 0 Å². The Hall–Kier alpha value is -1.06. The summed E-state index contributed by atoms with van der Waals surface area (Å²) in [6, 6.07) is 7.72. The Kier molecular flexibility index (Phi) is 3.28. The van der Waals surface area contributed by atoms with Crippen molar-refractivity contribution in [2.45, 2.75) is 6.10 Å². The molecule has 72 valence electrons. The molecule has 0 amide bonds. The summed E-state index contributed by atoms with van der Waals surface area (Å²) in [5.41, 5.74) is 7.33. The number of aliphatic hydroxyl groups is 1. The van der Waals surface area contributed by atoms with Crippen LogP contribution in [0, 0.1) is 0 Å². The summed E-state index contributed by atoms with van der Waals surface area (Å²) in [5, 5.41) is 9.42. The van der Waals surface area contributed by atoms with Gasteiger partial charge in [-0.3, -0.25) is 0 Å². The predicted molar refractivity (Wildman–Crippen MR) is 54.8 cm³/mol. The number of hydrogen-bond donors (Lipinski definition) is 2. The highest BCUT2D eigenvalue weighted by Crippen LogP contribution is 2.16. The molecule has 0 spiro atoms. The number of nitrogens with two attached hydrogens (primary N) is 1. The molecular formula is C10H16N2O. The zero-order valence-corrected chi connectivity index (χ0v) is 8.07. The molecule has 3 N–H and O–H groups in total. The topological polar surface area (TPSA) is 49.5 Å². The maximum absolute atomic E-state index is 9.42. The first-order valence-electron chi connectivity index (χ1n) is 4.30. The van der Waals surface area contributed by atoms with Gasteiger partial charge in [-0.05, 0) is 17.7 Å². The summed E-state index contributed by atoms with van der Waals surface area (Å²) in [4.78, 5) is 2.01. The Morgan fingerprint density at radius 1 is 1.31 bits per heavy atom. The van der Waals surface area contributed by atoms with Gasteiger partial charge in [-0.15, -0.1) is 0 Å². The molecule has 1 aromatic carbocycles. The van der Waals surface area contributed by atoms with Crippen molar-refractivity contribution in [3.63, 3.8) is 0 Å². The molecule has 0 bridgehead atoms. The van der Waals surface area contributed by atoms with E-state index < -0.39 is 6.10 Å². The van der Waals surface area contributed by atoms with Gasteiger partial charge >= 0.3 is 0 Å². The lowest BCUT2D eigenvalue weighted by Gasteiger charge is -2.14. The Bertz CT molecular complexity index is 256. The summed E-state index contributed by atoms with van der Waals surface area (Å²) < 4.78 is 0. The van der Waals surface area contributed by atoms with E-state index >= 15 is 0 Å². The van der Waals surface area contributed by atoms with Gasteiger partial charge in [0.05, 0.1) is 6.10 Å². The van der Waals surface area contributed by atoms with Crippen molar-refractivity contribution in [1.29, 1.82) is 0 Å². The van der Waals surface area contributed by atoms with Gasteiger partial charge in [0, 0.05) is 26.3 Å². The van der Waals surface area contributed by atoms with Crippen molar-refractivity contribution in [2.24, 2.45) is 5.73 Å². The molecule has 13 heavy (non-hydrogen) atoms. The highest BCUT2D eigenvalue weighted by molar-refractivity contribution is 5.46. The highest BCUT2D eigenvalue weighted by Gasteiger charge is 2.04. The molecule has 0 saturated heterocycles. The second kappa shape index (κ2) is 4.25. The fraction of sp³-hybridized carbons (Fsp3) is 0.400. The van der Waals surface area contributed by atoms with E-state index in [2.05, 4.69) is 0 Å². The van der Waals surface area contributed by atoms with Crippen molar-refractivity contribution in [3.05, 3.63) is 29.8 Å². The van der Waals surface area contributed by atoms with Crippen LogP contribution in [0.1, 0.15) is 11.7 Å². The van der Waals surface area contributed by atoms with Crippen LogP contribution in [0.2, 0.25) is 0 Å². The predicted octanol–water partition coefficient (Wildman–Crippen LogP) is 0.745. The lowest BCUT2D eigenvalue weighted by atomic mass is 10.1. The first-order chi connectivity index (χ1) is 6.15. The molecule has 0 radical (unpaired) electrons. The molecule has 0 heterocycles. The quantitative estimate of drug-likeness (QED) is 0.721. The monoisotopic (exact) mass is 180 g/mol. The van der Waals surface area contributed by atoms with Crippen LogP contribution >= 0.6 is 0 Å². The van der Waals surface area contributed by atoms with Crippen molar-refractivity contribution in [3.8, 4) is 0 Å². The van der Waals surface area contributed by atoms with E-state index in [1.165, 1.54) is 0 Å². The molecule has 3 nitrogen and oxygen atoms in total. The zero-order valence-electron chi connectivity index (χ0n) is 8.07. The minimum absolute atomic E-state index is 0.265. The number of benzene rings is 1. The number of hydrogen-bond acceptors (Lipinski definition) is 3. The van der Waals surface area contributed by atoms with Gasteiger partial charge in [-0.1, -0.05) is 12.1 Å². The highest BCUT2D eigenvalue weighted by atomic mass is 16.3. The third kappa shape index (κ3) is 2.44. The maximum Gasteiger partial charge on any atom is 0.0912 e. The van der Waals surface area contributed by atoms with Gasteiger partial charge < -0.3 is 15.7 Å². The van der Waals surface area contributed by atoms with E-state index in [-0.39, 0.29) is 6.54 Å². The summed E-state index contributed by atoms with van der Waals surface area (Å²) in [6.07, 6.45) is -0.545. The summed E-state index contributed by atoms with van der Waals surface area (Å²) >= 11 is 0. The Labute approximate surface area is 78.8 Å². The van der Waals surface area contributed by atoms with Crippen LogP contribution in [0.15, 0.2) is 24.3 Å². The molecule has 1 aromatic rings. The molecule has 1 rings (SSSR count). The molecule has 0 aliphatic heterocycles. The van der Waals surface area contributed by atoms with Crippen LogP contribution < -0.4 is 10.6 Å². The second-order valence-corrected chi connectivity index (χ2v) is 3.24. The molecule has 0 fully saturated rings. The van der Waals surface area contributed by atoms with Crippen LogP contribution in [0.4, 0.5) is 5.69 Å². The van der Waals surface area contributed by atoms with Gasteiger partial charge in [0.25, 0.3) is 0 Å². The number of anilines is 1. The average Bonchev–Trinajstić information content (AvgIpc) is 2.17. The van der Waals surface area contributed by atoms with Crippen molar-refractivity contribution in [1.82, 2.24) is 0 Å². The molecule has 3 heteroatoms. The zero-order chi connectivity index (χ0) is 9.84. The fourth-order valence-electron chi connectivity index (χ4n) is 1.13. The summed E-state index contributed by atoms with van der Waals surface area (Å²) in [7, 11) is 3.96. The maximum atomic E-state index is 9.42. The second-order valence-electron chi connectivity index (χ2n) is 3.24. The molecular weight excluding hydrogens is 164 g/mol. The lowest BCUT2D eigenvalue weighted by molar-refractivity contribution is 0.187. The van der Waals surface area contributed by atoms with Crippen molar-refractivity contribution in [2.75, 3.05) is 25.5 Å². The van der Waals surface area contributed by atoms with Gasteiger partial charge in [0.1, 0.15) is 0 Å². The third-order valence-corrected chi connectivity index (χ3v) is 2.02. The van der Waals surface area contributed by atoms with E-state index in [4.69, 9.17) is 5.73 Å². The average molecular weight is 180 g/mol. The standard InChI is InChI=1S/C10H16N2O/c1-12(2)9-5-3-8(4-6-9)10(13)7-11/h3-6,10,13H,7,11H2,1-2H3. The fourth-order valence-corrected chi connectivity index (χ4v) is 1.13. The third-order valence-electron chi connectivity index (χ3n) is 2.02. The molecule has 0 saturated carbocycles. The van der Waals surface area contributed by atoms with E-state index in [0.29, 0.717) is 0 Å². The van der Waals surface area contributed by atoms with E-state index in [9.17, 15) is 5.11 Å². The largest absolute Gasteiger partial charge is 0.387 e. The number of aliphatic hydroxyl groups excluding tert-OH is 1. The Balaban J connectivity index is 2.81. The Morgan fingerprint density at radius 3 is 2.23 bits per heavy atom. The minimum Gasteiger partial charge on any atom is -0.387 e. The summed E-state index contributed by atoms with van der Waals surface area (Å²) in [5.74, 6) is 0. The van der Waals surface area contributed by atoms with Crippen molar-refractivity contribution < 1.29 is 5.11 Å². The molecule has 0 aliphatic carbocycles. The minimum atomic E-state index is -0.545. The van der Waals surface area contributed by atoms with E-state index in [1.54, 1.807) is 0 Å². The number of nitrogens with zero attached hydrogens (tertiary/aromatic N) is 1. The number of rotatable bonds is 3. The lowest BCUT2D eigenvalue weighted by Crippen LogP contribution is -2.12. The molecule has 1 atom stereocenters.